The molecule has 16 heteroatoms. The predicted molar refractivity (Wildman–Crippen MR) is 134 cm³/mol. The van der Waals surface area contributed by atoms with E-state index in [1.165, 1.54) is 11.0 Å². The molecule has 196 valence electrons. The van der Waals surface area contributed by atoms with Gasteiger partial charge in [0.25, 0.3) is 0 Å². The number of primary amides is 1. The summed E-state index contributed by atoms with van der Waals surface area (Å²) >= 11 is 3.21. The van der Waals surface area contributed by atoms with E-state index in [9.17, 15) is 34.2 Å². The minimum atomic E-state index is -1.53. The highest BCUT2D eigenvalue weighted by atomic mass is 32.2. The van der Waals surface area contributed by atoms with Crippen LogP contribution in [0.3, 0.4) is 0 Å². The summed E-state index contributed by atoms with van der Waals surface area (Å²) in [6.07, 6.45) is -1.12. The fourth-order valence-electron chi connectivity index (χ4n) is 3.89. The first-order valence-corrected chi connectivity index (χ1v) is 13.4. The number of thioether (sulfide) groups is 2. The number of nitrogens with two attached hydrogens (primary N) is 2. The van der Waals surface area contributed by atoms with Gasteiger partial charge in [-0.15, -0.1) is 34.9 Å². The molecule has 13 nitrogen and oxygen atoms in total. The van der Waals surface area contributed by atoms with Gasteiger partial charge in [-0.1, -0.05) is 12.1 Å². The molecule has 0 radical (unpaired) electrons. The second-order valence-electron chi connectivity index (χ2n) is 8.26. The molecule has 2 aromatic rings. The molecule has 2 fully saturated rings. The number of fused-ring (bicyclic) bond motifs is 1. The Kier molecular flexibility index (Phi) is 7.52. The molecular weight excluding hydrogens is 546 g/mol. The maximum Gasteiger partial charge on any atom is 0.404 e. The van der Waals surface area contributed by atoms with Gasteiger partial charge in [-0.05, 0) is 12.1 Å². The van der Waals surface area contributed by atoms with Gasteiger partial charge < -0.3 is 36.6 Å². The van der Waals surface area contributed by atoms with Crippen LogP contribution in [0.1, 0.15) is 21.3 Å². The smallest absolute Gasteiger partial charge is 0.404 e. The van der Waals surface area contributed by atoms with Crippen molar-refractivity contribution in [2.24, 2.45) is 11.1 Å². The summed E-state index contributed by atoms with van der Waals surface area (Å²) in [4.78, 5) is 66.7. The molecule has 0 bridgehead atoms. The van der Waals surface area contributed by atoms with E-state index in [1.54, 1.807) is 23.6 Å². The quantitative estimate of drug-likeness (QED) is 0.210. The summed E-state index contributed by atoms with van der Waals surface area (Å²) in [6.45, 7) is -0.712. The number of carboxylic acid groups (broad SMARTS) is 2. The molecule has 2 aliphatic heterocycles. The second-order valence-corrected chi connectivity index (χ2v) is 11.4. The van der Waals surface area contributed by atoms with E-state index >= 15 is 0 Å². The number of benzene rings is 1. The normalized spacial score (nSPS) is 23.4. The number of hydrogen-bond acceptors (Lipinski definition) is 11. The van der Waals surface area contributed by atoms with E-state index in [1.807, 2.05) is 0 Å². The van der Waals surface area contributed by atoms with Gasteiger partial charge in [0.15, 0.2) is 5.13 Å². The third-order valence-electron chi connectivity index (χ3n) is 5.80. The lowest BCUT2D eigenvalue weighted by Crippen LogP contribution is -2.74. The number of aliphatic carboxylic acids is 1. The summed E-state index contributed by atoms with van der Waals surface area (Å²) in [5, 5.41) is 22.2. The molecule has 2 saturated heterocycles. The van der Waals surface area contributed by atoms with Crippen molar-refractivity contribution in [1.82, 2.24) is 15.2 Å². The summed E-state index contributed by atoms with van der Waals surface area (Å²) < 4.78 is 4.72. The van der Waals surface area contributed by atoms with Crippen LogP contribution >= 0.6 is 34.9 Å². The van der Waals surface area contributed by atoms with Gasteiger partial charge in [-0.3, -0.25) is 14.4 Å². The van der Waals surface area contributed by atoms with Gasteiger partial charge in [0, 0.05) is 22.6 Å². The molecule has 0 saturated carbocycles. The monoisotopic (exact) mass is 567 g/mol. The van der Waals surface area contributed by atoms with Gasteiger partial charge in [-0.2, -0.15) is 0 Å². The van der Waals surface area contributed by atoms with Crippen LogP contribution in [-0.4, -0.2) is 80.3 Å². The zero-order valence-electron chi connectivity index (χ0n) is 18.9. The molecule has 1 aromatic carbocycles. The first-order valence-electron chi connectivity index (χ1n) is 10.6. The Bertz CT molecular complexity index is 1270. The number of nitrogen functional groups attached to an aromatic ring is 1. The number of nitrogens with one attached hydrogen (secondary N) is 1. The first-order chi connectivity index (χ1) is 17.5. The lowest BCUT2D eigenvalue weighted by molar-refractivity contribution is -0.161. The van der Waals surface area contributed by atoms with E-state index in [0.29, 0.717) is 10.6 Å². The molecule has 3 unspecified atom stereocenters. The Labute approximate surface area is 221 Å². The van der Waals surface area contributed by atoms with Crippen molar-refractivity contribution in [2.75, 3.05) is 24.6 Å². The van der Waals surface area contributed by atoms with Crippen LogP contribution in [0.2, 0.25) is 0 Å². The third-order valence-corrected chi connectivity index (χ3v) is 9.38. The second kappa shape index (κ2) is 10.5. The maximum absolute atomic E-state index is 13.4. The Morgan fingerprint density at radius 3 is 2.65 bits per heavy atom. The predicted octanol–water partition coefficient (Wildman–Crippen LogP) is 0.823. The SMILES string of the molecule is NC(=O)OCC1(C(=O)O)CS[C@@H]2C(NC(=O)C(Sc3ccccc3C(=O)O)c3csc(N)n3)C(=O)N2C1. The van der Waals surface area contributed by atoms with Crippen LogP contribution in [0, 0.1) is 5.41 Å². The number of β-lactam (4-membered cyclic amide) rings is 1. The average Bonchev–Trinajstić information content (AvgIpc) is 3.29. The maximum atomic E-state index is 13.4. The Morgan fingerprint density at radius 2 is 2.03 bits per heavy atom. The van der Waals surface area contributed by atoms with E-state index < -0.39 is 58.5 Å². The van der Waals surface area contributed by atoms with Crippen molar-refractivity contribution in [1.29, 1.82) is 0 Å². The third kappa shape index (κ3) is 5.30. The Balaban J connectivity index is 1.51. The van der Waals surface area contributed by atoms with Crippen LogP contribution in [0.5, 0.6) is 0 Å². The van der Waals surface area contributed by atoms with E-state index in [2.05, 4.69) is 10.3 Å². The molecule has 0 spiro atoms. The zero-order chi connectivity index (χ0) is 26.9. The number of anilines is 1. The highest BCUT2D eigenvalue weighted by Crippen LogP contribution is 2.43. The number of aromatic carboxylic acids is 1. The van der Waals surface area contributed by atoms with Crippen LogP contribution < -0.4 is 16.8 Å². The molecule has 37 heavy (non-hydrogen) atoms. The minimum Gasteiger partial charge on any atom is -0.481 e. The molecule has 3 amide bonds. The van der Waals surface area contributed by atoms with Crippen LogP contribution in [0.15, 0.2) is 34.5 Å². The number of nitrogens with zero attached hydrogens (tertiary/aromatic N) is 2. The molecular formula is C21H21N5O8S3. The molecule has 3 heterocycles. The van der Waals surface area contributed by atoms with Gasteiger partial charge in [0.05, 0.1) is 11.3 Å². The van der Waals surface area contributed by atoms with Crippen LogP contribution in [0.4, 0.5) is 9.93 Å². The molecule has 2 aliphatic rings. The fourth-order valence-corrected chi connectivity index (χ4v) is 7.19. The standard InChI is InChI=1S/C21H21N5O8S3/c22-19-24-10(5-35-19)13(37-11-4-2-1-3-9(11)17(29)30)14(27)25-12-15(28)26-6-21(18(31)32,7-34-20(23)33)8-36-16(12)26/h1-5,12-13,16H,6-8H2,(H2,22,24)(H2,23,33)(H,25,27)(H,29,30)(H,31,32)/t12?,13?,16-,21?/m1/s1. The fraction of sp³-hybridized carbons (Fsp3) is 0.333. The number of hydrogen-bond donors (Lipinski definition) is 5. The number of ether oxygens (including phenoxy) is 1. The lowest BCUT2D eigenvalue weighted by Gasteiger charge is -2.53. The lowest BCUT2D eigenvalue weighted by atomic mass is 9.88. The zero-order valence-corrected chi connectivity index (χ0v) is 21.3. The molecule has 4 rings (SSSR count). The van der Waals surface area contributed by atoms with Crippen molar-refractivity contribution >= 4 is 69.8 Å². The Morgan fingerprint density at radius 1 is 1.30 bits per heavy atom. The molecule has 4 atom stereocenters. The topological polar surface area (TPSA) is 215 Å². The minimum absolute atomic E-state index is 0.00502. The summed E-state index contributed by atoms with van der Waals surface area (Å²) in [7, 11) is 0. The summed E-state index contributed by atoms with van der Waals surface area (Å²) in [6, 6.07) is 5.25. The first kappa shape index (κ1) is 26.6. The van der Waals surface area contributed by atoms with Crippen LogP contribution in [-0.2, 0) is 19.1 Å². The number of aromatic nitrogens is 1. The van der Waals surface area contributed by atoms with Gasteiger partial charge >= 0.3 is 18.0 Å². The largest absolute Gasteiger partial charge is 0.481 e. The number of carbonyl (C=O) groups is 5. The van der Waals surface area contributed by atoms with Crippen molar-refractivity contribution in [2.45, 2.75) is 21.6 Å². The molecule has 1 aromatic heterocycles. The highest BCUT2D eigenvalue weighted by Gasteiger charge is 2.58. The number of amides is 3. The van der Waals surface area contributed by atoms with Gasteiger partial charge in [0.2, 0.25) is 11.8 Å². The number of carbonyl (C=O) groups excluding carboxylic acids is 3. The van der Waals surface area contributed by atoms with Crippen molar-refractivity contribution in [3.63, 3.8) is 0 Å². The number of thiazole rings is 1. The van der Waals surface area contributed by atoms with Crippen molar-refractivity contribution < 1.29 is 38.9 Å². The number of rotatable bonds is 9. The molecule has 7 N–H and O–H groups in total. The molecule has 0 aliphatic carbocycles. The van der Waals surface area contributed by atoms with Gasteiger partial charge in [-0.25, -0.2) is 14.6 Å². The van der Waals surface area contributed by atoms with Gasteiger partial charge in [0.1, 0.15) is 28.7 Å². The number of carboxylic acids is 2. The average molecular weight is 568 g/mol. The van der Waals surface area contributed by atoms with Crippen LogP contribution in [0.25, 0.3) is 0 Å². The highest BCUT2D eigenvalue weighted by molar-refractivity contribution is 8.00. The van der Waals surface area contributed by atoms with Crippen molar-refractivity contribution in [3.05, 3.63) is 40.9 Å². The Hall–Kier alpha value is -3.50. The van der Waals surface area contributed by atoms with E-state index in [0.717, 1.165) is 34.9 Å². The summed E-state index contributed by atoms with van der Waals surface area (Å²) in [5.41, 5.74) is 9.50. The van der Waals surface area contributed by atoms with E-state index in [4.69, 9.17) is 16.2 Å². The van der Waals surface area contributed by atoms with Crippen molar-refractivity contribution in [3.8, 4) is 0 Å². The summed E-state index contributed by atoms with van der Waals surface area (Å²) in [5.74, 6) is -3.47. The van der Waals surface area contributed by atoms with E-state index in [-0.39, 0.29) is 23.0 Å².